The highest BCUT2D eigenvalue weighted by atomic mass is 35.5. The van der Waals surface area contributed by atoms with Crippen LogP contribution < -0.4 is 4.72 Å². The number of rotatable bonds is 6. The number of nitriles is 1. The highest BCUT2D eigenvalue weighted by Crippen LogP contribution is 2.20. The molecule has 0 heterocycles. The summed E-state index contributed by atoms with van der Waals surface area (Å²) in [5.41, 5.74) is 0.256. The molecule has 1 N–H and O–H groups in total. The monoisotopic (exact) mass is 315 g/mol. The molecule has 0 spiro atoms. The molecule has 1 atom stereocenters. The maximum atomic E-state index is 12.2. The molecule has 1 rings (SSSR count). The Balaban J connectivity index is 2.84. The molecule has 0 saturated heterocycles. The van der Waals surface area contributed by atoms with Crippen LogP contribution in [0.1, 0.15) is 18.9 Å². The third-order valence-corrected chi connectivity index (χ3v) is 4.64. The summed E-state index contributed by atoms with van der Waals surface area (Å²) in [5, 5.41) is 8.91. The normalized spacial score (nSPS) is 13.2. The van der Waals surface area contributed by atoms with Crippen LogP contribution in [0.2, 0.25) is 5.02 Å². The zero-order valence-corrected chi connectivity index (χ0v) is 13.3. The lowest BCUT2D eigenvalue weighted by Crippen LogP contribution is -2.34. The topological polar surface area (TPSA) is 73.2 Å². The molecular formula is C13H18ClN3O2S. The fourth-order valence-corrected chi connectivity index (χ4v) is 3.19. The predicted molar refractivity (Wildman–Crippen MR) is 79.1 cm³/mol. The van der Waals surface area contributed by atoms with Gasteiger partial charge in [-0.25, -0.2) is 13.1 Å². The molecule has 1 unspecified atom stereocenters. The van der Waals surface area contributed by atoms with E-state index < -0.39 is 10.0 Å². The van der Waals surface area contributed by atoms with Crippen LogP contribution in [0.3, 0.4) is 0 Å². The summed E-state index contributed by atoms with van der Waals surface area (Å²) in [6.07, 6.45) is 0.705. The highest BCUT2D eigenvalue weighted by molar-refractivity contribution is 7.89. The van der Waals surface area contributed by atoms with E-state index in [9.17, 15) is 8.42 Å². The Labute approximate surface area is 125 Å². The average Bonchev–Trinajstić information content (AvgIpc) is 2.35. The van der Waals surface area contributed by atoms with Crippen molar-refractivity contribution in [2.24, 2.45) is 0 Å². The first-order chi connectivity index (χ1) is 9.26. The maximum absolute atomic E-state index is 12.2. The van der Waals surface area contributed by atoms with Crippen LogP contribution in [-0.2, 0) is 10.0 Å². The van der Waals surface area contributed by atoms with Gasteiger partial charge in [0.1, 0.15) is 6.07 Å². The Kier molecular flexibility index (Phi) is 5.96. The second-order valence-corrected chi connectivity index (χ2v) is 6.99. The Morgan fingerprint density at radius 2 is 2.10 bits per heavy atom. The molecule has 110 valence electrons. The van der Waals surface area contributed by atoms with E-state index in [0.29, 0.717) is 6.42 Å². The minimum Gasteiger partial charge on any atom is -0.309 e. The van der Waals surface area contributed by atoms with Crippen LogP contribution >= 0.6 is 11.6 Å². The number of nitrogens with zero attached hydrogens (tertiary/aromatic N) is 2. The lowest BCUT2D eigenvalue weighted by Gasteiger charge is -2.17. The minimum atomic E-state index is -3.62. The van der Waals surface area contributed by atoms with Crippen molar-refractivity contribution in [3.63, 3.8) is 0 Å². The van der Waals surface area contributed by atoms with Gasteiger partial charge in [0.25, 0.3) is 0 Å². The number of halogens is 1. The molecule has 0 amide bonds. The van der Waals surface area contributed by atoms with Crippen molar-refractivity contribution in [3.8, 4) is 6.07 Å². The molecule has 0 aromatic heterocycles. The van der Waals surface area contributed by atoms with E-state index in [-0.39, 0.29) is 21.5 Å². The van der Waals surface area contributed by atoms with Crippen LogP contribution in [0.25, 0.3) is 0 Å². The number of benzene rings is 1. The van der Waals surface area contributed by atoms with Crippen molar-refractivity contribution in [3.05, 3.63) is 28.8 Å². The van der Waals surface area contributed by atoms with E-state index in [2.05, 4.69) is 4.72 Å². The van der Waals surface area contributed by atoms with Gasteiger partial charge >= 0.3 is 0 Å². The summed E-state index contributed by atoms with van der Waals surface area (Å²) >= 11 is 5.85. The van der Waals surface area contributed by atoms with Gasteiger partial charge in [-0.3, -0.25) is 0 Å². The SMILES string of the molecule is CC(CCN(C)C)NS(=O)(=O)c1ccc(C#N)c(Cl)c1. The smallest absolute Gasteiger partial charge is 0.240 e. The first-order valence-electron chi connectivity index (χ1n) is 6.13. The molecule has 0 aliphatic carbocycles. The highest BCUT2D eigenvalue weighted by Gasteiger charge is 2.18. The molecule has 1 aromatic carbocycles. The number of nitrogens with one attached hydrogen (secondary N) is 1. The molecule has 7 heteroatoms. The molecule has 1 aromatic rings. The maximum Gasteiger partial charge on any atom is 0.240 e. The fraction of sp³-hybridized carbons (Fsp3) is 0.462. The van der Waals surface area contributed by atoms with E-state index in [0.717, 1.165) is 6.54 Å². The molecule has 0 bridgehead atoms. The second-order valence-electron chi connectivity index (χ2n) is 4.87. The Hall–Kier alpha value is -1.13. The van der Waals surface area contributed by atoms with E-state index in [4.69, 9.17) is 16.9 Å². The van der Waals surface area contributed by atoms with Gasteiger partial charge in [0, 0.05) is 6.04 Å². The van der Waals surface area contributed by atoms with E-state index in [1.54, 1.807) is 0 Å². The molecule has 0 aliphatic rings. The predicted octanol–water partition coefficient (Wildman–Crippen LogP) is 1.83. The summed E-state index contributed by atoms with van der Waals surface area (Å²) in [5.74, 6) is 0. The molecule has 0 aliphatic heterocycles. The molecule has 0 saturated carbocycles. The van der Waals surface area contributed by atoms with Crippen LogP contribution in [0, 0.1) is 11.3 Å². The summed E-state index contributed by atoms with van der Waals surface area (Å²) in [6.45, 7) is 2.60. The summed E-state index contributed by atoms with van der Waals surface area (Å²) < 4.78 is 26.9. The van der Waals surface area contributed by atoms with Gasteiger partial charge < -0.3 is 4.90 Å². The molecule has 5 nitrogen and oxygen atoms in total. The quantitative estimate of drug-likeness (QED) is 0.869. The molecule has 0 fully saturated rings. The van der Waals surface area contributed by atoms with Crippen LogP contribution in [0.15, 0.2) is 23.1 Å². The van der Waals surface area contributed by atoms with Crippen LogP contribution in [0.4, 0.5) is 0 Å². The average molecular weight is 316 g/mol. The van der Waals surface area contributed by atoms with Gasteiger partial charge in [0.2, 0.25) is 10.0 Å². The third-order valence-electron chi connectivity index (χ3n) is 2.74. The second kappa shape index (κ2) is 7.04. The van der Waals surface area contributed by atoms with Gasteiger partial charge in [0.05, 0.1) is 15.5 Å². The Bertz CT molecular complexity index is 609. The van der Waals surface area contributed by atoms with Gasteiger partial charge in [-0.2, -0.15) is 5.26 Å². The lowest BCUT2D eigenvalue weighted by atomic mass is 10.2. The summed E-state index contributed by atoms with van der Waals surface area (Å²) in [4.78, 5) is 2.06. The summed E-state index contributed by atoms with van der Waals surface area (Å²) in [7, 11) is 0.247. The van der Waals surface area contributed by atoms with Gasteiger partial charge in [-0.15, -0.1) is 0 Å². The van der Waals surface area contributed by atoms with Crippen molar-refractivity contribution in [2.75, 3.05) is 20.6 Å². The van der Waals surface area contributed by atoms with Crippen molar-refractivity contribution < 1.29 is 8.42 Å². The van der Waals surface area contributed by atoms with Crippen molar-refractivity contribution in [1.82, 2.24) is 9.62 Å². The molecule has 20 heavy (non-hydrogen) atoms. The fourth-order valence-electron chi connectivity index (χ4n) is 1.60. The number of hydrogen-bond donors (Lipinski definition) is 1. The number of hydrogen-bond acceptors (Lipinski definition) is 4. The van der Waals surface area contributed by atoms with Crippen LogP contribution in [0.5, 0.6) is 0 Å². The third kappa shape index (κ3) is 4.76. The zero-order chi connectivity index (χ0) is 15.3. The first kappa shape index (κ1) is 16.9. The Morgan fingerprint density at radius 1 is 1.45 bits per heavy atom. The molecule has 0 radical (unpaired) electrons. The molecular weight excluding hydrogens is 298 g/mol. The van der Waals surface area contributed by atoms with E-state index in [1.807, 2.05) is 32.0 Å². The first-order valence-corrected chi connectivity index (χ1v) is 7.99. The van der Waals surface area contributed by atoms with E-state index in [1.165, 1.54) is 18.2 Å². The minimum absolute atomic E-state index is 0.0678. The van der Waals surface area contributed by atoms with Crippen LogP contribution in [-0.4, -0.2) is 40.0 Å². The zero-order valence-electron chi connectivity index (χ0n) is 11.7. The Morgan fingerprint density at radius 3 is 2.60 bits per heavy atom. The van der Waals surface area contributed by atoms with Gasteiger partial charge in [-0.05, 0) is 52.2 Å². The lowest BCUT2D eigenvalue weighted by molar-refractivity contribution is 0.379. The van der Waals surface area contributed by atoms with Gasteiger partial charge in [-0.1, -0.05) is 11.6 Å². The van der Waals surface area contributed by atoms with Gasteiger partial charge in [0.15, 0.2) is 0 Å². The van der Waals surface area contributed by atoms with Crippen molar-refractivity contribution in [1.29, 1.82) is 5.26 Å². The largest absolute Gasteiger partial charge is 0.309 e. The van der Waals surface area contributed by atoms with Crippen molar-refractivity contribution >= 4 is 21.6 Å². The van der Waals surface area contributed by atoms with E-state index >= 15 is 0 Å². The number of sulfonamides is 1. The summed E-state index contributed by atoms with van der Waals surface area (Å²) in [6, 6.07) is 5.79. The standard InChI is InChI=1S/C13H18ClN3O2S/c1-10(6-7-17(2)3)16-20(18,19)12-5-4-11(9-15)13(14)8-12/h4-5,8,10,16H,6-7H2,1-3H3. The van der Waals surface area contributed by atoms with Crippen molar-refractivity contribution in [2.45, 2.75) is 24.3 Å².